The van der Waals surface area contributed by atoms with Crippen molar-refractivity contribution in [1.29, 1.82) is 0 Å². The van der Waals surface area contributed by atoms with Crippen LogP contribution in [0.5, 0.6) is 0 Å². The molecular formula is C66H127N2O17P. The molecule has 0 spiro atoms. The third-order valence-corrected chi connectivity index (χ3v) is 17.6. The van der Waals surface area contributed by atoms with Gasteiger partial charge in [0.25, 0.3) is 0 Å². The van der Waals surface area contributed by atoms with Crippen LogP contribution >= 0.6 is 7.82 Å². The Morgan fingerprint density at radius 1 is 0.477 bits per heavy atom. The lowest BCUT2D eigenvalue weighted by Gasteiger charge is -2.45. The number of phosphoric acid groups is 1. The number of nitrogens with one attached hydrogen (secondary N) is 2. The largest absolute Gasteiger partial charge is 0.470 e. The zero-order valence-corrected chi connectivity index (χ0v) is 55.2. The van der Waals surface area contributed by atoms with Gasteiger partial charge in [0.1, 0.15) is 54.8 Å². The van der Waals surface area contributed by atoms with Gasteiger partial charge in [-0.25, -0.2) is 4.57 Å². The summed E-state index contributed by atoms with van der Waals surface area (Å²) in [5, 5.41) is 61.7. The van der Waals surface area contributed by atoms with E-state index in [9.17, 15) is 54.3 Å². The first kappa shape index (κ1) is 80.3. The molecule has 508 valence electrons. The average Bonchev–Trinajstić information content (AvgIpc) is 1.30. The van der Waals surface area contributed by atoms with Crippen LogP contribution < -0.4 is 10.6 Å². The molecule has 20 heteroatoms. The molecule has 2 aliphatic rings. The van der Waals surface area contributed by atoms with Crippen LogP contribution in [0.15, 0.2) is 0 Å². The number of phosphoric ester groups is 1. The van der Waals surface area contributed by atoms with E-state index in [4.69, 9.17) is 28.2 Å². The van der Waals surface area contributed by atoms with Crippen molar-refractivity contribution in [2.45, 2.75) is 384 Å². The average molecular weight is 1250 g/mol. The van der Waals surface area contributed by atoms with E-state index in [1.54, 1.807) is 0 Å². The summed E-state index contributed by atoms with van der Waals surface area (Å²) in [7, 11) is -5.32. The number of unbranched alkanes of at least 4 members (excludes halogenated alkanes) is 35. The molecule has 0 aromatic heterocycles. The zero-order chi connectivity index (χ0) is 63.1. The number of rotatable bonds is 57. The number of aliphatic hydroxyl groups is 5. The summed E-state index contributed by atoms with van der Waals surface area (Å²) in [5.74, 6) is -1.68. The number of hydrogen-bond acceptors (Lipinski definition) is 15. The number of ether oxygens (including phenoxy) is 5. The zero-order valence-electron chi connectivity index (χ0n) is 54.3. The minimum atomic E-state index is -5.32. The molecule has 2 saturated heterocycles. The molecule has 0 aromatic carbocycles. The summed E-state index contributed by atoms with van der Waals surface area (Å²) in [4.78, 5) is 60.6. The Kier molecular flexibility index (Phi) is 48.3. The van der Waals surface area contributed by atoms with E-state index in [1.807, 2.05) is 0 Å². The molecule has 2 fully saturated rings. The molecule has 2 aliphatic heterocycles. The molecule has 9 N–H and O–H groups in total. The monoisotopic (exact) mass is 1250 g/mol. The van der Waals surface area contributed by atoms with E-state index < -0.39 is 112 Å². The van der Waals surface area contributed by atoms with Crippen molar-refractivity contribution in [3.05, 3.63) is 0 Å². The minimum Gasteiger partial charge on any atom is -0.462 e. The van der Waals surface area contributed by atoms with E-state index in [2.05, 4.69) is 38.3 Å². The van der Waals surface area contributed by atoms with Crippen LogP contribution in [0.4, 0.5) is 0 Å². The first-order chi connectivity index (χ1) is 41.6. The fourth-order valence-corrected chi connectivity index (χ4v) is 12.3. The van der Waals surface area contributed by atoms with Gasteiger partial charge in [-0.3, -0.25) is 18.9 Å². The lowest BCUT2D eigenvalue weighted by atomic mass is 9.95. The van der Waals surface area contributed by atoms with E-state index >= 15 is 0 Å². The molecule has 0 bridgehead atoms. The Labute approximate surface area is 520 Å². The quantitative estimate of drug-likeness (QED) is 0.0155. The number of esters is 1. The summed E-state index contributed by atoms with van der Waals surface area (Å²) >= 11 is 0. The molecule has 2 heterocycles. The molecule has 0 aromatic rings. The Morgan fingerprint density at radius 2 is 0.860 bits per heavy atom. The first-order valence-corrected chi connectivity index (χ1v) is 36.5. The number of amides is 2. The fourth-order valence-electron chi connectivity index (χ4n) is 11.8. The van der Waals surface area contributed by atoms with Gasteiger partial charge in [0.15, 0.2) is 12.6 Å². The summed E-state index contributed by atoms with van der Waals surface area (Å²) in [6, 6.07) is -2.86. The maximum atomic E-state index is 14.1. The molecule has 12 atom stereocenters. The molecule has 2 rings (SSSR count). The van der Waals surface area contributed by atoms with Gasteiger partial charge in [-0.05, 0) is 32.1 Å². The molecular weight excluding hydrogens is 1120 g/mol. The van der Waals surface area contributed by atoms with Crippen molar-refractivity contribution in [1.82, 2.24) is 10.6 Å². The highest BCUT2D eigenvalue weighted by molar-refractivity contribution is 7.46. The van der Waals surface area contributed by atoms with E-state index in [1.165, 1.54) is 135 Å². The third kappa shape index (κ3) is 38.8. The Balaban J connectivity index is 2.24. The van der Waals surface area contributed by atoms with Crippen LogP contribution in [0.2, 0.25) is 0 Å². The van der Waals surface area contributed by atoms with Crippen molar-refractivity contribution in [2.75, 3.05) is 19.8 Å². The molecule has 19 nitrogen and oxygen atoms in total. The molecule has 0 unspecified atom stereocenters. The summed E-state index contributed by atoms with van der Waals surface area (Å²) < 4.78 is 47.7. The van der Waals surface area contributed by atoms with E-state index in [-0.39, 0.29) is 25.9 Å². The third-order valence-electron chi connectivity index (χ3n) is 17.1. The Bertz CT molecular complexity index is 1700. The number of aliphatic hydroxyl groups excluding tert-OH is 5. The van der Waals surface area contributed by atoms with E-state index in [0.717, 1.165) is 96.3 Å². The summed E-state index contributed by atoms with van der Waals surface area (Å²) in [6.07, 6.45) is 28.6. The van der Waals surface area contributed by atoms with Crippen LogP contribution in [0, 0.1) is 0 Å². The normalized spacial score (nSPS) is 23.3. The van der Waals surface area contributed by atoms with Crippen LogP contribution in [0.1, 0.15) is 310 Å². The van der Waals surface area contributed by atoms with Crippen LogP contribution in [-0.4, -0.2) is 146 Å². The molecule has 0 aliphatic carbocycles. The van der Waals surface area contributed by atoms with Gasteiger partial charge in [0.2, 0.25) is 11.8 Å². The van der Waals surface area contributed by atoms with Crippen LogP contribution in [-0.2, 0) is 47.2 Å². The lowest BCUT2D eigenvalue weighted by Crippen LogP contribution is -2.67. The van der Waals surface area contributed by atoms with Gasteiger partial charge < -0.3 is 69.6 Å². The molecule has 0 saturated carbocycles. The van der Waals surface area contributed by atoms with Crippen LogP contribution in [0.25, 0.3) is 0 Å². The molecule has 86 heavy (non-hydrogen) atoms. The van der Waals surface area contributed by atoms with Crippen molar-refractivity contribution in [3.8, 4) is 0 Å². The number of carbonyl (C=O) groups excluding carboxylic acids is 3. The van der Waals surface area contributed by atoms with Crippen molar-refractivity contribution < 1.29 is 82.5 Å². The lowest BCUT2D eigenvalue weighted by molar-refractivity contribution is -0.302. The van der Waals surface area contributed by atoms with Gasteiger partial charge in [0, 0.05) is 13.0 Å². The highest BCUT2D eigenvalue weighted by atomic mass is 31.2. The predicted octanol–water partition coefficient (Wildman–Crippen LogP) is 12.5. The first-order valence-electron chi connectivity index (χ1n) is 35.0. The van der Waals surface area contributed by atoms with Crippen molar-refractivity contribution in [3.63, 3.8) is 0 Å². The number of hydrogen-bond donors (Lipinski definition) is 9. The second-order valence-corrected chi connectivity index (χ2v) is 26.3. The summed E-state index contributed by atoms with van der Waals surface area (Å²) in [5.41, 5.74) is 0. The Hall–Kier alpha value is -1.84. The SMILES string of the molecule is CCCCCCCCCCCCCCO[C@H]1O[C@H](CO[C@@H]2O[C@H](CO)[C@@H](OP(=O)(O)O)[C@H](O)[C@@H]2NC(=O)C[C@@H](CCCCCCCCCCC)OC(=O)CCCCCCCCCCC)[C@@H](O)[C@H](O)[C@@H]1NC(=O)C[C@H](O)CCCCCCCCCCC. The standard InChI is InChI=1S/C66H127N2O17P/c1-5-9-13-17-21-25-26-27-31-35-39-43-47-80-65-59(67-56(71)48-52(70)44-40-36-32-28-22-18-14-10-6-2)62(75)61(74)55(84-65)51-81-66-60(63(76)64(54(50-69)83-66)85-86(77,78)79)68-57(72)49-53(45-41-37-33-29-23-19-15-11-7-3)82-58(73)46-42-38-34-30-24-20-16-12-8-4/h52-55,59-66,69-70,74-76H,5-51H2,1-4H3,(H,67,71)(H,68,72)(H2,77,78,79)/t52-,53-,54-,55-,59+,60+,61-,62-,63-,64-,65+,66-/m1/s1. The predicted molar refractivity (Wildman–Crippen MR) is 337 cm³/mol. The maximum Gasteiger partial charge on any atom is 0.470 e. The Morgan fingerprint density at radius 3 is 1.31 bits per heavy atom. The van der Waals surface area contributed by atoms with Crippen molar-refractivity contribution >= 4 is 25.6 Å². The van der Waals surface area contributed by atoms with Gasteiger partial charge >= 0.3 is 13.8 Å². The smallest absolute Gasteiger partial charge is 0.462 e. The summed E-state index contributed by atoms with van der Waals surface area (Å²) in [6.45, 7) is 7.53. The van der Waals surface area contributed by atoms with Crippen molar-refractivity contribution in [2.24, 2.45) is 0 Å². The highest BCUT2D eigenvalue weighted by Crippen LogP contribution is 2.42. The maximum absolute atomic E-state index is 14.1. The van der Waals surface area contributed by atoms with Gasteiger partial charge in [-0.15, -0.1) is 0 Å². The topological polar surface area (TPSA) is 289 Å². The molecule has 0 radical (unpaired) electrons. The van der Waals surface area contributed by atoms with Gasteiger partial charge in [-0.1, -0.05) is 259 Å². The second-order valence-electron chi connectivity index (χ2n) is 25.1. The molecule has 2 amide bonds. The fraction of sp³-hybridized carbons (Fsp3) is 0.955. The highest BCUT2D eigenvalue weighted by Gasteiger charge is 2.51. The van der Waals surface area contributed by atoms with Crippen LogP contribution in [0.3, 0.4) is 0 Å². The van der Waals surface area contributed by atoms with Gasteiger partial charge in [0.05, 0.1) is 32.2 Å². The van der Waals surface area contributed by atoms with E-state index in [0.29, 0.717) is 32.1 Å². The number of carbonyl (C=O) groups is 3. The second kappa shape index (κ2) is 51.7. The van der Waals surface area contributed by atoms with Gasteiger partial charge in [-0.2, -0.15) is 0 Å². The minimum absolute atomic E-state index is 0.200.